The first-order valence-electron chi connectivity index (χ1n) is 5.61. The van der Waals surface area contributed by atoms with Crippen LogP contribution < -0.4 is 4.72 Å². The molecule has 0 saturated heterocycles. The Labute approximate surface area is 102 Å². The van der Waals surface area contributed by atoms with E-state index in [9.17, 15) is 8.42 Å². The fourth-order valence-electron chi connectivity index (χ4n) is 2.20. The molecule has 0 saturated carbocycles. The summed E-state index contributed by atoms with van der Waals surface area (Å²) in [5.41, 5.74) is 1.18. The lowest BCUT2D eigenvalue weighted by Crippen LogP contribution is -2.37. The van der Waals surface area contributed by atoms with Crippen molar-refractivity contribution in [1.29, 1.82) is 0 Å². The van der Waals surface area contributed by atoms with Gasteiger partial charge in [0.25, 0.3) is 0 Å². The smallest absolute Gasteiger partial charge is 0.208 e. The normalized spacial score (nSPS) is 21.4. The zero-order valence-corrected chi connectivity index (χ0v) is 10.9. The van der Waals surface area contributed by atoms with Gasteiger partial charge in [0.15, 0.2) is 0 Å². The molecular weight excluding hydrogens is 240 g/mol. The van der Waals surface area contributed by atoms with Gasteiger partial charge in [0.1, 0.15) is 0 Å². The van der Waals surface area contributed by atoms with E-state index in [1.54, 1.807) is 6.20 Å². The lowest BCUT2D eigenvalue weighted by molar-refractivity contribution is 0.203. The monoisotopic (exact) mass is 258 g/mol. The SMILES string of the molecule is CN1Cc2ccnn2[C@H](CCNS(C)(=O)=O)C1. The van der Waals surface area contributed by atoms with E-state index < -0.39 is 10.0 Å². The molecule has 2 heterocycles. The molecule has 1 aromatic heterocycles. The summed E-state index contributed by atoms with van der Waals surface area (Å²) < 4.78 is 26.5. The maximum Gasteiger partial charge on any atom is 0.208 e. The summed E-state index contributed by atoms with van der Waals surface area (Å²) in [4.78, 5) is 2.22. The average Bonchev–Trinajstić information content (AvgIpc) is 2.63. The van der Waals surface area contributed by atoms with Crippen LogP contribution in [0.2, 0.25) is 0 Å². The van der Waals surface area contributed by atoms with Crippen LogP contribution in [0.1, 0.15) is 18.2 Å². The molecule has 1 atom stereocenters. The summed E-state index contributed by atoms with van der Waals surface area (Å²) in [5, 5.41) is 4.30. The molecule has 1 N–H and O–H groups in total. The maximum atomic E-state index is 11.0. The summed E-state index contributed by atoms with van der Waals surface area (Å²) in [6.07, 6.45) is 3.73. The summed E-state index contributed by atoms with van der Waals surface area (Å²) in [6.45, 7) is 2.26. The third-order valence-corrected chi connectivity index (χ3v) is 3.62. The summed E-state index contributed by atoms with van der Waals surface area (Å²) >= 11 is 0. The Morgan fingerprint density at radius 2 is 2.35 bits per heavy atom. The van der Waals surface area contributed by atoms with E-state index in [1.165, 1.54) is 11.9 Å². The molecule has 1 aromatic rings. The summed E-state index contributed by atoms with van der Waals surface area (Å²) in [6, 6.07) is 2.25. The van der Waals surface area contributed by atoms with E-state index in [-0.39, 0.29) is 6.04 Å². The number of nitrogens with one attached hydrogen (secondary N) is 1. The molecule has 0 radical (unpaired) electrons. The molecule has 17 heavy (non-hydrogen) atoms. The van der Waals surface area contributed by atoms with Gasteiger partial charge < -0.3 is 0 Å². The Balaban J connectivity index is 1.98. The fourth-order valence-corrected chi connectivity index (χ4v) is 2.69. The van der Waals surface area contributed by atoms with Gasteiger partial charge >= 0.3 is 0 Å². The Bertz CT molecular complexity index is 482. The van der Waals surface area contributed by atoms with Crippen molar-refractivity contribution >= 4 is 10.0 Å². The average molecular weight is 258 g/mol. The fraction of sp³-hybridized carbons (Fsp3) is 0.700. The van der Waals surface area contributed by atoms with Crippen LogP contribution in [0.3, 0.4) is 0 Å². The predicted molar refractivity (Wildman–Crippen MR) is 65.1 cm³/mol. The quantitative estimate of drug-likeness (QED) is 0.813. The molecule has 0 unspecified atom stereocenters. The second kappa shape index (κ2) is 4.75. The lowest BCUT2D eigenvalue weighted by atomic mass is 10.1. The third-order valence-electron chi connectivity index (χ3n) is 2.89. The highest BCUT2D eigenvalue weighted by molar-refractivity contribution is 7.88. The van der Waals surface area contributed by atoms with Gasteiger partial charge in [0, 0.05) is 25.8 Å². The minimum absolute atomic E-state index is 0.244. The van der Waals surface area contributed by atoms with Gasteiger partial charge in [0.2, 0.25) is 10.0 Å². The minimum atomic E-state index is -3.10. The zero-order valence-electron chi connectivity index (χ0n) is 10.1. The van der Waals surface area contributed by atoms with Crippen molar-refractivity contribution in [2.45, 2.75) is 19.0 Å². The number of hydrogen-bond donors (Lipinski definition) is 1. The number of rotatable bonds is 4. The molecule has 1 aliphatic heterocycles. The molecule has 0 fully saturated rings. The molecule has 6 nitrogen and oxygen atoms in total. The van der Waals surface area contributed by atoms with Crippen LogP contribution in [-0.4, -0.2) is 49.5 Å². The third kappa shape index (κ3) is 3.27. The Kier molecular flexibility index (Phi) is 3.50. The largest absolute Gasteiger partial charge is 0.298 e. The van der Waals surface area contributed by atoms with Gasteiger partial charge in [-0.25, -0.2) is 13.1 Å². The van der Waals surface area contributed by atoms with Crippen LogP contribution >= 0.6 is 0 Å². The molecule has 0 aromatic carbocycles. The Hall–Kier alpha value is -0.920. The Morgan fingerprint density at radius 1 is 1.59 bits per heavy atom. The number of fused-ring (bicyclic) bond motifs is 1. The second-order valence-corrected chi connectivity index (χ2v) is 6.41. The number of hydrogen-bond acceptors (Lipinski definition) is 4. The van der Waals surface area contributed by atoms with Crippen molar-refractivity contribution < 1.29 is 8.42 Å². The van der Waals surface area contributed by atoms with Crippen molar-refractivity contribution in [2.75, 3.05) is 26.4 Å². The standard InChI is InChI=1S/C10H18N4O2S/c1-13-7-9-3-5-11-14(9)10(8-13)4-6-12-17(2,15)16/h3,5,10,12H,4,6-8H2,1-2H3/t10-/m1/s1. The van der Waals surface area contributed by atoms with Gasteiger partial charge in [-0.3, -0.25) is 9.58 Å². The van der Waals surface area contributed by atoms with E-state index in [4.69, 9.17) is 0 Å². The first-order valence-corrected chi connectivity index (χ1v) is 7.50. The van der Waals surface area contributed by atoms with E-state index >= 15 is 0 Å². The molecule has 0 amide bonds. The number of likely N-dealkylation sites (N-methyl/N-ethyl adjacent to an activating group) is 1. The molecule has 0 aliphatic carbocycles. The minimum Gasteiger partial charge on any atom is -0.298 e. The first-order chi connectivity index (χ1) is 7.96. The van der Waals surface area contributed by atoms with Gasteiger partial charge in [-0.1, -0.05) is 0 Å². The van der Waals surface area contributed by atoms with Crippen LogP contribution in [0.25, 0.3) is 0 Å². The van der Waals surface area contributed by atoms with Crippen molar-refractivity contribution in [3.8, 4) is 0 Å². The van der Waals surface area contributed by atoms with Crippen molar-refractivity contribution in [3.63, 3.8) is 0 Å². The first kappa shape index (κ1) is 12.5. The van der Waals surface area contributed by atoms with Crippen LogP contribution in [0.15, 0.2) is 12.3 Å². The molecule has 7 heteroatoms. The molecule has 0 bridgehead atoms. The predicted octanol–water partition coefficient (Wildman–Crippen LogP) is -0.191. The lowest BCUT2D eigenvalue weighted by Gasteiger charge is -2.31. The molecule has 2 rings (SSSR count). The number of nitrogens with zero attached hydrogens (tertiary/aromatic N) is 3. The highest BCUT2D eigenvalue weighted by Gasteiger charge is 2.23. The van der Waals surface area contributed by atoms with Crippen molar-refractivity contribution in [3.05, 3.63) is 18.0 Å². The van der Waals surface area contributed by atoms with E-state index in [0.717, 1.165) is 19.5 Å². The summed E-state index contributed by atoms with van der Waals surface area (Å²) in [5.74, 6) is 0. The second-order valence-electron chi connectivity index (χ2n) is 4.57. The van der Waals surface area contributed by atoms with E-state index in [0.29, 0.717) is 6.54 Å². The van der Waals surface area contributed by atoms with E-state index in [2.05, 4.69) is 21.8 Å². The van der Waals surface area contributed by atoms with Gasteiger partial charge in [-0.2, -0.15) is 5.10 Å². The highest BCUT2D eigenvalue weighted by Crippen LogP contribution is 2.21. The van der Waals surface area contributed by atoms with E-state index in [1.807, 2.05) is 10.7 Å². The maximum absolute atomic E-state index is 11.0. The van der Waals surface area contributed by atoms with Crippen molar-refractivity contribution in [1.82, 2.24) is 19.4 Å². The van der Waals surface area contributed by atoms with Crippen LogP contribution in [0.4, 0.5) is 0 Å². The topological polar surface area (TPSA) is 67.2 Å². The number of sulfonamides is 1. The highest BCUT2D eigenvalue weighted by atomic mass is 32.2. The molecule has 96 valence electrons. The molecule has 0 spiro atoms. The Morgan fingerprint density at radius 3 is 3.06 bits per heavy atom. The number of aromatic nitrogens is 2. The van der Waals surface area contributed by atoms with Crippen LogP contribution in [0, 0.1) is 0 Å². The summed E-state index contributed by atoms with van der Waals surface area (Å²) in [7, 11) is -1.03. The van der Waals surface area contributed by atoms with Crippen LogP contribution in [-0.2, 0) is 16.6 Å². The van der Waals surface area contributed by atoms with Crippen molar-refractivity contribution in [2.24, 2.45) is 0 Å². The van der Waals surface area contributed by atoms with Gasteiger partial charge in [-0.05, 0) is 19.5 Å². The van der Waals surface area contributed by atoms with Crippen LogP contribution in [0.5, 0.6) is 0 Å². The van der Waals surface area contributed by atoms with Gasteiger partial charge in [-0.15, -0.1) is 0 Å². The molecule has 1 aliphatic rings. The van der Waals surface area contributed by atoms with Gasteiger partial charge in [0.05, 0.1) is 18.0 Å². The zero-order chi connectivity index (χ0) is 12.5. The molecular formula is C10H18N4O2S.